The van der Waals surface area contributed by atoms with Gasteiger partial charge in [0.25, 0.3) is 5.91 Å². The predicted molar refractivity (Wildman–Crippen MR) is 67.2 cm³/mol. The first-order valence-corrected chi connectivity index (χ1v) is 5.92. The lowest BCUT2D eigenvalue weighted by molar-refractivity contribution is 0.0145. The molecule has 7 heteroatoms. The average Bonchev–Trinajstić information content (AvgIpc) is 2.80. The van der Waals surface area contributed by atoms with Crippen LogP contribution in [-0.4, -0.2) is 28.8 Å². The van der Waals surface area contributed by atoms with Crippen molar-refractivity contribution in [2.45, 2.75) is 25.2 Å². The fraction of sp³-hybridized carbons (Fsp3) is 0.417. The Morgan fingerprint density at radius 2 is 2.26 bits per heavy atom. The number of nitrogens with one attached hydrogen (secondary N) is 1. The molecule has 1 amide bonds. The molecule has 0 spiro atoms. The van der Waals surface area contributed by atoms with Gasteiger partial charge in [0.2, 0.25) is 0 Å². The molecular weight excluding hydrogens is 248 g/mol. The molecule has 0 saturated carbocycles. The molecule has 0 aliphatic carbocycles. The highest BCUT2D eigenvalue weighted by molar-refractivity contribution is 5.98. The Morgan fingerprint density at radius 1 is 1.47 bits per heavy atom. The molecule has 1 aromatic carbocycles. The number of benzene rings is 1. The molecule has 0 aromatic heterocycles. The SMILES string of the molecule is [N-]=[N+]=NCCC(O)C(O)c1cccc2c1CNC2=O. The lowest BCUT2D eigenvalue weighted by Crippen LogP contribution is -2.20. The number of fused-ring (bicyclic) bond motifs is 1. The van der Waals surface area contributed by atoms with Crippen LogP contribution in [0.4, 0.5) is 0 Å². The van der Waals surface area contributed by atoms with E-state index in [1.165, 1.54) is 0 Å². The molecule has 0 bridgehead atoms. The van der Waals surface area contributed by atoms with E-state index < -0.39 is 12.2 Å². The fourth-order valence-electron chi connectivity index (χ4n) is 2.16. The zero-order valence-electron chi connectivity index (χ0n) is 10.2. The van der Waals surface area contributed by atoms with Gasteiger partial charge < -0.3 is 15.5 Å². The number of hydrogen-bond acceptors (Lipinski definition) is 4. The fourth-order valence-corrected chi connectivity index (χ4v) is 2.16. The number of nitrogens with zero attached hydrogens (tertiary/aromatic N) is 3. The van der Waals surface area contributed by atoms with E-state index in [0.717, 1.165) is 0 Å². The molecule has 2 rings (SSSR count). The third-order valence-corrected chi connectivity index (χ3v) is 3.15. The molecule has 3 N–H and O–H groups in total. The van der Waals surface area contributed by atoms with Crippen LogP contribution in [0.3, 0.4) is 0 Å². The van der Waals surface area contributed by atoms with Crippen LogP contribution in [0.15, 0.2) is 23.3 Å². The lowest BCUT2D eigenvalue weighted by atomic mass is 9.95. The maximum atomic E-state index is 11.5. The molecule has 0 fully saturated rings. The average molecular weight is 262 g/mol. The van der Waals surface area contributed by atoms with Crippen molar-refractivity contribution < 1.29 is 15.0 Å². The summed E-state index contributed by atoms with van der Waals surface area (Å²) in [5, 5.41) is 26.0. The Kier molecular flexibility index (Phi) is 4.01. The van der Waals surface area contributed by atoms with Crippen LogP contribution >= 0.6 is 0 Å². The van der Waals surface area contributed by atoms with E-state index in [4.69, 9.17) is 5.53 Å². The van der Waals surface area contributed by atoms with Crippen molar-refractivity contribution in [2.75, 3.05) is 6.54 Å². The topological polar surface area (TPSA) is 118 Å². The zero-order chi connectivity index (χ0) is 13.8. The number of carbonyl (C=O) groups excluding carboxylic acids is 1. The van der Waals surface area contributed by atoms with Crippen molar-refractivity contribution in [3.63, 3.8) is 0 Å². The van der Waals surface area contributed by atoms with Gasteiger partial charge in [-0.15, -0.1) is 0 Å². The minimum absolute atomic E-state index is 0.112. The van der Waals surface area contributed by atoms with E-state index in [1.807, 2.05) is 0 Å². The minimum Gasteiger partial charge on any atom is -0.390 e. The minimum atomic E-state index is -1.10. The summed E-state index contributed by atoms with van der Waals surface area (Å²) in [5.41, 5.74) is 9.93. The van der Waals surface area contributed by atoms with E-state index >= 15 is 0 Å². The Bertz CT molecular complexity index is 540. The third kappa shape index (κ3) is 2.68. The second-order valence-corrected chi connectivity index (χ2v) is 4.31. The maximum Gasteiger partial charge on any atom is 0.251 e. The Balaban J connectivity index is 2.18. The molecule has 2 atom stereocenters. The van der Waals surface area contributed by atoms with Crippen LogP contribution in [0.25, 0.3) is 10.4 Å². The van der Waals surface area contributed by atoms with Crippen molar-refractivity contribution >= 4 is 5.91 Å². The third-order valence-electron chi connectivity index (χ3n) is 3.15. The van der Waals surface area contributed by atoms with Crippen molar-refractivity contribution in [3.05, 3.63) is 45.3 Å². The summed E-state index contributed by atoms with van der Waals surface area (Å²) in [4.78, 5) is 14.1. The van der Waals surface area contributed by atoms with Gasteiger partial charge in [-0.1, -0.05) is 17.2 Å². The number of carbonyl (C=O) groups is 1. The van der Waals surface area contributed by atoms with Crippen LogP contribution in [0.5, 0.6) is 0 Å². The number of azide groups is 1. The number of aliphatic hydroxyl groups is 2. The summed E-state index contributed by atoms with van der Waals surface area (Å²) >= 11 is 0. The highest BCUT2D eigenvalue weighted by Gasteiger charge is 2.27. The molecular formula is C12H14N4O3. The molecule has 0 saturated heterocycles. The summed E-state index contributed by atoms with van der Waals surface area (Å²) < 4.78 is 0. The van der Waals surface area contributed by atoms with Gasteiger partial charge in [-0.05, 0) is 29.1 Å². The number of hydrogen-bond donors (Lipinski definition) is 3. The summed E-state index contributed by atoms with van der Waals surface area (Å²) in [7, 11) is 0. The van der Waals surface area contributed by atoms with E-state index in [0.29, 0.717) is 23.2 Å². The van der Waals surface area contributed by atoms with E-state index in [-0.39, 0.29) is 18.9 Å². The first kappa shape index (κ1) is 13.4. The van der Waals surface area contributed by atoms with Gasteiger partial charge >= 0.3 is 0 Å². The van der Waals surface area contributed by atoms with Gasteiger partial charge in [-0.2, -0.15) is 0 Å². The summed E-state index contributed by atoms with van der Waals surface area (Å²) in [6, 6.07) is 5.03. The lowest BCUT2D eigenvalue weighted by Gasteiger charge is -2.19. The first-order valence-electron chi connectivity index (χ1n) is 5.92. The van der Waals surface area contributed by atoms with Gasteiger partial charge in [-0.25, -0.2) is 0 Å². The number of amides is 1. The van der Waals surface area contributed by atoms with Crippen molar-refractivity contribution in [1.82, 2.24) is 5.32 Å². The maximum absolute atomic E-state index is 11.5. The molecule has 19 heavy (non-hydrogen) atoms. The molecule has 1 heterocycles. The zero-order valence-corrected chi connectivity index (χ0v) is 10.2. The molecule has 1 aliphatic heterocycles. The van der Waals surface area contributed by atoms with E-state index in [1.54, 1.807) is 18.2 Å². The quantitative estimate of drug-likeness (QED) is 0.417. The smallest absolute Gasteiger partial charge is 0.251 e. The van der Waals surface area contributed by atoms with Crippen LogP contribution in [0.1, 0.15) is 34.0 Å². The predicted octanol–water partition coefficient (Wildman–Crippen LogP) is 1.02. The van der Waals surface area contributed by atoms with Crippen LogP contribution in [0, 0.1) is 0 Å². The highest BCUT2D eigenvalue weighted by Crippen LogP contribution is 2.27. The van der Waals surface area contributed by atoms with Gasteiger partial charge in [0.15, 0.2) is 0 Å². The largest absolute Gasteiger partial charge is 0.390 e. The van der Waals surface area contributed by atoms with Gasteiger partial charge in [-0.3, -0.25) is 4.79 Å². The second-order valence-electron chi connectivity index (χ2n) is 4.31. The normalized spacial score (nSPS) is 16.2. The van der Waals surface area contributed by atoms with Crippen LogP contribution in [-0.2, 0) is 6.54 Å². The van der Waals surface area contributed by atoms with Crippen molar-refractivity contribution in [1.29, 1.82) is 0 Å². The summed E-state index contributed by atoms with van der Waals surface area (Å²) in [6.45, 7) is 0.464. The van der Waals surface area contributed by atoms with Crippen molar-refractivity contribution in [2.24, 2.45) is 5.11 Å². The van der Waals surface area contributed by atoms with Gasteiger partial charge in [0.05, 0.1) is 6.10 Å². The number of rotatable bonds is 5. The monoisotopic (exact) mass is 262 g/mol. The summed E-state index contributed by atoms with van der Waals surface area (Å²) in [5.74, 6) is -0.173. The molecule has 0 radical (unpaired) electrons. The molecule has 1 aromatic rings. The molecule has 2 unspecified atom stereocenters. The second kappa shape index (κ2) is 5.71. The Hall–Kier alpha value is -2.08. The number of aliphatic hydroxyl groups excluding tert-OH is 2. The van der Waals surface area contributed by atoms with Crippen molar-refractivity contribution in [3.8, 4) is 0 Å². The van der Waals surface area contributed by atoms with Gasteiger partial charge in [0, 0.05) is 23.6 Å². The standard InChI is InChI=1S/C12H14N4O3/c13-16-15-5-4-10(17)11(18)7-2-1-3-8-9(7)6-14-12(8)19/h1-3,10-11,17-18H,4-6H2,(H,14,19). The Labute approximate surface area is 109 Å². The van der Waals surface area contributed by atoms with Crippen LogP contribution in [0.2, 0.25) is 0 Å². The molecule has 100 valence electrons. The highest BCUT2D eigenvalue weighted by atomic mass is 16.3. The molecule has 1 aliphatic rings. The molecule has 7 nitrogen and oxygen atoms in total. The summed E-state index contributed by atoms with van der Waals surface area (Å²) in [6.07, 6.45) is -1.97. The van der Waals surface area contributed by atoms with Crippen LogP contribution < -0.4 is 5.32 Å². The van der Waals surface area contributed by atoms with E-state index in [9.17, 15) is 15.0 Å². The van der Waals surface area contributed by atoms with E-state index in [2.05, 4.69) is 15.3 Å². The Morgan fingerprint density at radius 3 is 3.00 bits per heavy atom. The first-order chi connectivity index (χ1) is 9.15. The van der Waals surface area contributed by atoms with Gasteiger partial charge in [0.1, 0.15) is 6.10 Å².